The van der Waals surface area contributed by atoms with E-state index in [1.165, 1.54) is 11.8 Å². The zero-order chi connectivity index (χ0) is 13.5. The second-order valence-corrected chi connectivity index (χ2v) is 4.89. The molecule has 8 heteroatoms. The van der Waals surface area contributed by atoms with Gasteiger partial charge in [-0.1, -0.05) is 0 Å². The Balaban J connectivity index is 2.39. The van der Waals surface area contributed by atoms with Crippen LogP contribution in [0.3, 0.4) is 0 Å². The molecule has 1 amide bonds. The molecule has 0 aliphatic carbocycles. The van der Waals surface area contributed by atoms with Gasteiger partial charge in [0.05, 0.1) is 6.42 Å². The number of esters is 1. The van der Waals surface area contributed by atoms with E-state index in [0.717, 1.165) is 0 Å². The van der Waals surface area contributed by atoms with E-state index in [2.05, 4.69) is 5.32 Å². The number of hydrogen-bond donors (Lipinski definition) is 3. The molecule has 0 bridgehead atoms. The Morgan fingerprint density at radius 3 is 2.78 bits per heavy atom. The standard InChI is InChI=1S/C10H15NO6S/c12-2-1-3-18-5-6-10(16)17-7(4-8(13)14)9(15)11-6/h6-7,12H,1-5H2,(H,11,15)(H,13,14)/t6-,7+/m0/s1. The van der Waals surface area contributed by atoms with Crippen molar-refractivity contribution in [1.82, 2.24) is 5.32 Å². The van der Waals surface area contributed by atoms with Gasteiger partial charge >= 0.3 is 11.9 Å². The van der Waals surface area contributed by atoms with Crippen molar-refractivity contribution in [2.75, 3.05) is 18.1 Å². The number of cyclic esters (lactones) is 1. The minimum absolute atomic E-state index is 0.0785. The van der Waals surface area contributed by atoms with Crippen LogP contribution in [0.4, 0.5) is 0 Å². The van der Waals surface area contributed by atoms with Crippen molar-refractivity contribution in [3.05, 3.63) is 0 Å². The van der Waals surface area contributed by atoms with Gasteiger partial charge in [-0.3, -0.25) is 9.59 Å². The van der Waals surface area contributed by atoms with Crippen molar-refractivity contribution >= 4 is 29.6 Å². The quantitative estimate of drug-likeness (QED) is 0.403. The average molecular weight is 277 g/mol. The highest BCUT2D eigenvalue weighted by Gasteiger charge is 2.36. The number of aliphatic carboxylic acids is 1. The van der Waals surface area contributed by atoms with Gasteiger partial charge < -0.3 is 20.3 Å². The maximum Gasteiger partial charge on any atom is 0.330 e. The lowest BCUT2D eigenvalue weighted by Gasteiger charge is -2.27. The summed E-state index contributed by atoms with van der Waals surface area (Å²) in [6.45, 7) is 0.0785. The van der Waals surface area contributed by atoms with Gasteiger partial charge in [0.15, 0.2) is 6.10 Å². The third-order valence-corrected chi connectivity index (χ3v) is 3.39. The molecule has 0 unspecified atom stereocenters. The third-order valence-electron chi connectivity index (χ3n) is 2.24. The number of morpholine rings is 1. The van der Waals surface area contributed by atoms with Crippen molar-refractivity contribution in [2.24, 2.45) is 0 Å². The normalized spacial score (nSPS) is 23.4. The first-order valence-corrected chi connectivity index (χ1v) is 6.61. The smallest absolute Gasteiger partial charge is 0.330 e. The van der Waals surface area contributed by atoms with Crippen molar-refractivity contribution in [3.63, 3.8) is 0 Å². The molecule has 0 aromatic carbocycles. The SMILES string of the molecule is O=C(O)C[C@H]1OC(=O)[C@H](CSCCCO)NC1=O. The predicted molar refractivity (Wildman–Crippen MR) is 63.1 cm³/mol. The summed E-state index contributed by atoms with van der Waals surface area (Å²) >= 11 is 1.41. The Morgan fingerprint density at radius 1 is 1.44 bits per heavy atom. The van der Waals surface area contributed by atoms with E-state index in [9.17, 15) is 14.4 Å². The molecule has 0 aromatic heterocycles. The van der Waals surface area contributed by atoms with E-state index in [4.69, 9.17) is 14.9 Å². The topological polar surface area (TPSA) is 113 Å². The van der Waals surface area contributed by atoms with Gasteiger partial charge in [0, 0.05) is 12.4 Å². The van der Waals surface area contributed by atoms with Gasteiger partial charge in [-0.25, -0.2) is 4.79 Å². The van der Waals surface area contributed by atoms with Crippen molar-refractivity contribution < 1.29 is 29.3 Å². The first-order chi connectivity index (χ1) is 8.54. The number of thioether (sulfide) groups is 1. The molecule has 102 valence electrons. The summed E-state index contributed by atoms with van der Waals surface area (Å²) < 4.78 is 4.78. The molecule has 0 spiro atoms. The number of nitrogens with one attached hydrogen (secondary N) is 1. The van der Waals surface area contributed by atoms with E-state index in [1.807, 2.05) is 0 Å². The minimum atomic E-state index is -1.24. The van der Waals surface area contributed by atoms with E-state index in [-0.39, 0.29) is 6.61 Å². The molecule has 1 saturated heterocycles. The monoisotopic (exact) mass is 277 g/mol. The first-order valence-electron chi connectivity index (χ1n) is 5.46. The number of aliphatic hydroxyl groups excluding tert-OH is 1. The lowest BCUT2D eigenvalue weighted by atomic mass is 10.2. The molecule has 1 aliphatic rings. The van der Waals surface area contributed by atoms with Gasteiger partial charge in [-0.2, -0.15) is 11.8 Å². The van der Waals surface area contributed by atoms with Gasteiger partial charge in [-0.15, -0.1) is 0 Å². The third kappa shape index (κ3) is 4.53. The first kappa shape index (κ1) is 14.8. The second kappa shape index (κ2) is 7.22. The fourth-order valence-electron chi connectivity index (χ4n) is 1.37. The number of carbonyl (C=O) groups is 3. The summed E-state index contributed by atoms with van der Waals surface area (Å²) in [6, 6.07) is -0.744. The summed E-state index contributed by atoms with van der Waals surface area (Å²) in [7, 11) is 0. The van der Waals surface area contributed by atoms with Crippen LogP contribution < -0.4 is 5.32 Å². The zero-order valence-corrected chi connectivity index (χ0v) is 10.4. The summed E-state index contributed by atoms with van der Waals surface area (Å²) in [5, 5.41) is 19.6. The van der Waals surface area contributed by atoms with Gasteiger partial charge in [-0.05, 0) is 12.2 Å². The van der Waals surface area contributed by atoms with Crippen LogP contribution in [0, 0.1) is 0 Å². The van der Waals surface area contributed by atoms with Crippen LogP contribution in [-0.4, -0.2) is 58.3 Å². The summed E-state index contributed by atoms with van der Waals surface area (Å²) in [4.78, 5) is 33.4. The van der Waals surface area contributed by atoms with Crippen LogP contribution >= 0.6 is 11.8 Å². The number of carboxylic acid groups (broad SMARTS) is 1. The highest BCUT2D eigenvalue weighted by atomic mass is 32.2. The Hall–Kier alpha value is -1.28. The number of carbonyl (C=O) groups excluding carboxylic acids is 2. The Labute approximate surface area is 108 Å². The van der Waals surface area contributed by atoms with E-state index in [1.54, 1.807) is 0 Å². The molecule has 7 nitrogen and oxygen atoms in total. The zero-order valence-electron chi connectivity index (χ0n) is 9.63. The van der Waals surface area contributed by atoms with Crippen molar-refractivity contribution in [2.45, 2.75) is 25.0 Å². The second-order valence-electron chi connectivity index (χ2n) is 3.74. The minimum Gasteiger partial charge on any atom is -0.481 e. The number of amides is 1. The molecule has 0 aromatic rings. The van der Waals surface area contributed by atoms with Crippen LogP contribution in [0.5, 0.6) is 0 Å². The fourth-order valence-corrected chi connectivity index (χ4v) is 2.32. The summed E-state index contributed by atoms with van der Waals surface area (Å²) in [5.41, 5.74) is 0. The van der Waals surface area contributed by atoms with Crippen LogP contribution in [-0.2, 0) is 19.1 Å². The van der Waals surface area contributed by atoms with Gasteiger partial charge in [0.25, 0.3) is 5.91 Å². The van der Waals surface area contributed by atoms with Crippen LogP contribution in [0.2, 0.25) is 0 Å². The Morgan fingerprint density at radius 2 is 2.17 bits per heavy atom. The van der Waals surface area contributed by atoms with E-state index < -0.39 is 36.4 Å². The number of ether oxygens (including phenoxy) is 1. The molecule has 1 heterocycles. The number of rotatable bonds is 7. The van der Waals surface area contributed by atoms with Gasteiger partial charge in [0.1, 0.15) is 6.04 Å². The van der Waals surface area contributed by atoms with Crippen LogP contribution in [0.25, 0.3) is 0 Å². The molecule has 1 rings (SSSR count). The maximum atomic E-state index is 11.5. The maximum absolute atomic E-state index is 11.5. The molecule has 0 radical (unpaired) electrons. The number of aliphatic hydroxyl groups is 1. The molecule has 1 aliphatic heterocycles. The molecule has 0 saturated carbocycles. The average Bonchev–Trinajstić information content (AvgIpc) is 2.29. The lowest BCUT2D eigenvalue weighted by molar-refractivity contribution is -0.167. The van der Waals surface area contributed by atoms with Crippen molar-refractivity contribution in [1.29, 1.82) is 0 Å². The molecule has 3 N–H and O–H groups in total. The number of hydrogen-bond acceptors (Lipinski definition) is 6. The molecule has 1 fully saturated rings. The van der Waals surface area contributed by atoms with E-state index in [0.29, 0.717) is 17.9 Å². The van der Waals surface area contributed by atoms with Crippen LogP contribution in [0.15, 0.2) is 0 Å². The van der Waals surface area contributed by atoms with Crippen molar-refractivity contribution in [3.8, 4) is 0 Å². The fraction of sp³-hybridized carbons (Fsp3) is 0.700. The molecule has 18 heavy (non-hydrogen) atoms. The Bertz CT molecular complexity index is 334. The predicted octanol–water partition coefficient (Wildman–Crippen LogP) is -1.01. The Kier molecular flexibility index (Phi) is 5.93. The molecular formula is C10H15NO6S. The highest BCUT2D eigenvalue weighted by Crippen LogP contribution is 2.13. The van der Waals surface area contributed by atoms with E-state index >= 15 is 0 Å². The highest BCUT2D eigenvalue weighted by molar-refractivity contribution is 7.99. The van der Waals surface area contributed by atoms with Gasteiger partial charge in [0.2, 0.25) is 0 Å². The molecular weight excluding hydrogens is 262 g/mol. The summed E-state index contributed by atoms with van der Waals surface area (Å²) in [5.74, 6) is -1.36. The lowest BCUT2D eigenvalue weighted by Crippen LogP contribution is -2.55. The van der Waals surface area contributed by atoms with Crippen LogP contribution in [0.1, 0.15) is 12.8 Å². The molecule has 2 atom stereocenters. The summed E-state index contributed by atoms with van der Waals surface area (Å²) in [6.07, 6.45) is -1.15. The largest absolute Gasteiger partial charge is 0.481 e. The number of carboxylic acids is 1.